The summed E-state index contributed by atoms with van der Waals surface area (Å²) in [5, 5.41) is 2.61. The first-order valence-electron chi connectivity index (χ1n) is 8.50. The predicted molar refractivity (Wildman–Crippen MR) is 121 cm³/mol. The third-order valence-corrected chi connectivity index (χ3v) is 4.55. The highest BCUT2D eigenvalue weighted by Crippen LogP contribution is 2.32. The number of hydrogen-bond acceptors (Lipinski definition) is 0. The maximum absolute atomic E-state index is 2.29. The maximum atomic E-state index is 2.29. The summed E-state index contributed by atoms with van der Waals surface area (Å²) in [5.41, 5.74) is 7.76. The van der Waals surface area contributed by atoms with Gasteiger partial charge in [-0.1, -0.05) is 98.8 Å². The summed E-state index contributed by atoms with van der Waals surface area (Å²) in [6, 6.07) is 22.0. The molecule has 0 amide bonds. The molecule has 0 aromatic heterocycles. The summed E-state index contributed by atoms with van der Waals surface area (Å²) in [5.74, 6) is 0. The first-order valence-corrected chi connectivity index (χ1v) is 8.50. The Kier molecular flexibility index (Phi) is 7.58. The molecule has 0 aliphatic carbocycles. The van der Waals surface area contributed by atoms with Crippen molar-refractivity contribution in [3.8, 4) is 0 Å². The summed E-state index contributed by atoms with van der Waals surface area (Å²) in [6.45, 7) is 8.58. The van der Waals surface area contributed by atoms with E-state index in [-0.39, 0.29) is 14.9 Å². The molecule has 0 N–H and O–H groups in total. The molecular formula is C26H32. The molecule has 26 heavy (non-hydrogen) atoms. The lowest BCUT2D eigenvalue weighted by atomic mass is 9.91. The van der Waals surface area contributed by atoms with Crippen LogP contribution >= 0.6 is 0 Å². The molecule has 3 aromatic carbocycles. The zero-order valence-electron chi connectivity index (χ0n) is 14.9. The third-order valence-electron chi connectivity index (χ3n) is 4.55. The van der Waals surface area contributed by atoms with Crippen LogP contribution in [0.5, 0.6) is 0 Å². The van der Waals surface area contributed by atoms with Gasteiger partial charge in [-0.25, -0.2) is 0 Å². The fraction of sp³-hybridized carbons (Fsp3) is 0.231. The molecule has 3 aromatic rings. The van der Waals surface area contributed by atoms with Gasteiger partial charge in [-0.05, 0) is 60.7 Å². The SMILES string of the molecule is C.C.C/C=C\C(=C(/C)c1ccc(C)cc1)c1cccc2ccc(C)cc12. The Morgan fingerprint density at radius 2 is 1.46 bits per heavy atom. The van der Waals surface area contributed by atoms with Gasteiger partial charge in [-0.3, -0.25) is 0 Å². The molecule has 3 rings (SSSR count). The lowest BCUT2D eigenvalue weighted by Crippen LogP contribution is -1.90. The van der Waals surface area contributed by atoms with Gasteiger partial charge < -0.3 is 0 Å². The van der Waals surface area contributed by atoms with E-state index in [1.165, 1.54) is 44.2 Å². The highest BCUT2D eigenvalue weighted by atomic mass is 14.1. The van der Waals surface area contributed by atoms with Crippen LogP contribution in [0.25, 0.3) is 21.9 Å². The van der Waals surface area contributed by atoms with Gasteiger partial charge in [0.25, 0.3) is 0 Å². The summed E-state index contributed by atoms with van der Waals surface area (Å²) < 4.78 is 0. The average Bonchev–Trinajstić information content (AvgIpc) is 2.59. The lowest BCUT2D eigenvalue weighted by molar-refractivity contribution is 1.44. The predicted octanol–water partition coefficient (Wildman–Crippen LogP) is 8.24. The Morgan fingerprint density at radius 1 is 0.808 bits per heavy atom. The first-order chi connectivity index (χ1) is 11.6. The zero-order chi connectivity index (χ0) is 17.1. The smallest absolute Gasteiger partial charge is 0.0103 e. The molecule has 0 radical (unpaired) electrons. The first kappa shape index (κ1) is 21.4. The van der Waals surface area contributed by atoms with Gasteiger partial charge in [0, 0.05) is 0 Å². The number of rotatable bonds is 3. The summed E-state index contributed by atoms with van der Waals surface area (Å²) in [6.07, 6.45) is 4.36. The van der Waals surface area contributed by atoms with Crippen molar-refractivity contribution in [2.45, 2.75) is 42.5 Å². The van der Waals surface area contributed by atoms with E-state index < -0.39 is 0 Å². The van der Waals surface area contributed by atoms with Crippen LogP contribution in [0.3, 0.4) is 0 Å². The molecule has 0 aliphatic heterocycles. The average molecular weight is 345 g/mol. The molecule has 0 fully saturated rings. The van der Waals surface area contributed by atoms with Crippen molar-refractivity contribution in [2.24, 2.45) is 0 Å². The van der Waals surface area contributed by atoms with Crippen LogP contribution in [0.2, 0.25) is 0 Å². The van der Waals surface area contributed by atoms with Crippen molar-refractivity contribution in [3.05, 3.63) is 95.1 Å². The zero-order valence-corrected chi connectivity index (χ0v) is 14.9. The third kappa shape index (κ3) is 4.32. The molecule has 0 saturated heterocycles. The Morgan fingerprint density at radius 3 is 2.12 bits per heavy atom. The molecule has 136 valence electrons. The van der Waals surface area contributed by atoms with Crippen LogP contribution in [-0.2, 0) is 0 Å². The van der Waals surface area contributed by atoms with Crippen molar-refractivity contribution in [2.75, 3.05) is 0 Å². The number of hydrogen-bond donors (Lipinski definition) is 0. The van der Waals surface area contributed by atoms with Gasteiger partial charge in [0.15, 0.2) is 0 Å². The second-order valence-corrected chi connectivity index (χ2v) is 6.43. The molecule has 0 heteroatoms. The van der Waals surface area contributed by atoms with E-state index in [0.717, 1.165) is 0 Å². The van der Waals surface area contributed by atoms with E-state index in [1.807, 2.05) is 0 Å². The van der Waals surface area contributed by atoms with E-state index in [4.69, 9.17) is 0 Å². The molecule has 0 saturated carbocycles. The van der Waals surface area contributed by atoms with Crippen molar-refractivity contribution < 1.29 is 0 Å². The quantitative estimate of drug-likeness (QED) is 0.331. The molecule has 0 nitrogen and oxygen atoms in total. The number of allylic oxidation sites excluding steroid dienone is 4. The molecular weight excluding hydrogens is 312 g/mol. The molecule has 0 spiro atoms. The fourth-order valence-corrected chi connectivity index (χ4v) is 3.16. The highest BCUT2D eigenvalue weighted by molar-refractivity contribution is 6.04. The Bertz CT molecular complexity index is 922. The van der Waals surface area contributed by atoms with Crippen molar-refractivity contribution >= 4 is 21.9 Å². The topological polar surface area (TPSA) is 0 Å². The molecule has 0 heterocycles. The Hall–Kier alpha value is -2.60. The standard InChI is InChI=1S/C24H24.2CH4/c1-5-7-22(19(4)20-13-10-17(2)11-14-20)23-9-6-8-21-15-12-18(3)16-24(21)23;;/h5-16H,1-4H3;2*1H4/b7-5-,22-19-;;. The molecule has 0 atom stereocenters. The summed E-state index contributed by atoms with van der Waals surface area (Å²) in [7, 11) is 0. The monoisotopic (exact) mass is 344 g/mol. The normalized spacial score (nSPS) is 11.7. The van der Waals surface area contributed by atoms with E-state index in [1.54, 1.807) is 0 Å². The van der Waals surface area contributed by atoms with Crippen LogP contribution in [0.15, 0.2) is 72.8 Å². The second kappa shape index (κ2) is 9.20. The van der Waals surface area contributed by atoms with Crippen molar-refractivity contribution in [1.82, 2.24) is 0 Å². The Labute approximate surface area is 159 Å². The molecule has 0 unspecified atom stereocenters. The van der Waals surface area contributed by atoms with E-state index in [2.05, 4.69) is 101 Å². The van der Waals surface area contributed by atoms with Crippen LogP contribution < -0.4 is 0 Å². The van der Waals surface area contributed by atoms with Gasteiger partial charge in [0.1, 0.15) is 0 Å². The number of benzene rings is 3. The van der Waals surface area contributed by atoms with Crippen LogP contribution in [-0.4, -0.2) is 0 Å². The summed E-state index contributed by atoms with van der Waals surface area (Å²) >= 11 is 0. The highest BCUT2D eigenvalue weighted by Gasteiger charge is 2.09. The van der Waals surface area contributed by atoms with Crippen molar-refractivity contribution in [3.63, 3.8) is 0 Å². The van der Waals surface area contributed by atoms with Crippen LogP contribution in [0.1, 0.15) is 51.0 Å². The van der Waals surface area contributed by atoms with Gasteiger partial charge in [0.05, 0.1) is 0 Å². The number of aryl methyl sites for hydroxylation is 2. The number of fused-ring (bicyclic) bond motifs is 1. The van der Waals surface area contributed by atoms with Crippen molar-refractivity contribution in [1.29, 1.82) is 0 Å². The van der Waals surface area contributed by atoms with Gasteiger partial charge in [-0.15, -0.1) is 0 Å². The minimum atomic E-state index is 0. The van der Waals surface area contributed by atoms with E-state index in [0.29, 0.717) is 0 Å². The van der Waals surface area contributed by atoms with E-state index >= 15 is 0 Å². The lowest BCUT2D eigenvalue weighted by Gasteiger charge is -2.13. The largest absolute Gasteiger partial charge is 0.0870 e. The van der Waals surface area contributed by atoms with Gasteiger partial charge in [-0.2, -0.15) is 0 Å². The second-order valence-electron chi connectivity index (χ2n) is 6.43. The fourth-order valence-electron chi connectivity index (χ4n) is 3.16. The minimum Gasteiger partial charge on any atom is -0.0870 e. The molecule has 0 bridgehead atoms. The Balaban J connectivity index is 0.00000169. The van der Waals surface area contributed by atoms with Gasteiger partial charge in [0.2, 0.25) is 0 Å². The minimum absolute atomic E-state index is 0. The molecule has 0 aliphatic rings. The van der Waals surface area contributed by atoms with E-state index in [9.17, 15) is 0 Å². The maximum Gasteiger partial charge on any atom is -0.0103 e. The van der Waals surface area contributed by atoms with Crippen LogP contribution in [0, 0.1) is 13.8 Å². The van der Waals surface area contributed by atoms with Gasteiger partial charge >= 0.3 is 0 Å². The van der Waals surface area contributed by atoms with Crippen LogP contribution in [0.4, 0.5) is 0 Å². The summed E-state index contributed by atoms with van der Waals surface area (Å²) in [4.78, 5) is 0.